The number of amides is 1. The molecule has 1 aromatic carbocycles. The number of hydrogen-bond acceptors (Lipinski definition) is 3. The first-order valence-electron chi connectivity index (χ1n) is 8.40. The highest BCUT2D eigenvalue weighted by Crippen LogP contribution is 2.11. The summed E-state index contributed by atoms with van der Waals surface area (Å²) in [6, 6.07) is 2.55. The first-order valence-corrected chi connectivity index (χ1v) is 8.40. The molecule has 0 unspecified atom stereocenters. The molecule has 1 aromatic rings. The summed E-state index contributed by atoms with van der Waals surface area (Å²) in [5, 5.41) is 2.61. The number of carbonyl (C=O) groups excluding carboxylic acids is 2. The summed E-state index contributed by atoms with van der Waals surface area (Å²) in [4.78, 5) is 23.9. The average molecular weight is 353 g/mol. The van der Waals surface area contributed by atoms with E-state index < -0.39 is 29.6 Å². The third-order valence-electron chi connectivity index (χ3n) is 3.82. The molecule has 0 aliphatic rings. The molecule has 0 aromatic heterocycles. The van der Waals surface area contributed by atoms with Gasteiger partial charge in [0.25, 0.3) is 0 Å². The molecule has 138 valence electrons. The van der Waals surface area contributed by atoms with Crippen LogP contribution in [0.3, 0.4) is 0 Å². The fourth-order valence-corrected chi connectivity index (χ4v) is 2.46. The third kappa shape index (κ3) is 7.92. The van der Waals surface area contributed by atoms with Gasteiger partial charge in [-0.15, -0.1) is 6.58 Å². The molecular weight excluding hydrogens is 328 g/mol. The van der Waals surface area contributed by atoms with E-state index in [9.17, 15) is 18.4 Å². The highest BCUT2D eigenvalue weighted by atomic mass is 19.2. The fraction of sp³-hybridized carbons (Fsp3) is 0.474. The van der Waals surface area contributed by atoms with E-state index in [4.69, 9.17) is 4.74 Å². The number of ether oxygens (including phenoxy) is 1. The molecule has 1 rings (SSSR count). The Bertz CT molecular complexity index is 590. The van der Waals surface area contributed by atoms with Gasteiger partial charge in [-0.05, 0) is 37.0 Å². The monoisotopic (exact) mass is 353 g/mol. The zero-order valence-electron chi connectivity index (χ0n) is 14.5. The topological polar surface area (TPSA) is 55.4 Å². The van der Waals surface area contributed by atoms with Crippen molar-refractivity contribution >= 4 is 11.9 Å². The molecule has 4 nitrogen and oxygen atoms in total. The van der Waals surface area contributed by atoms with Crippen LogP contribution in [-0.2, 0) is 20.7 Å². The van der Waals surface area contributed by atoms with Gasteiger partial charge in [-0.2, -0.15) is 0 Å². The molecule has 1 amide bonds. The van der Waals surface area contributed by atoms with Gasteiger partial charge < -0.3 is 10.1 Å². The maximum atomic E-state index is 13.2. The van der Waals surface area contributed by atoms with Crippen LogP contribution in [0.1, 0.15) is 44.1 Å². The van der Waals surface area contributed by atoms with E-state index in [0.717, 1.165) is 44.2 Å². The van der Waals surface area contributed by atoms with Crippen LogP contribution in [0, 0.1) is 11.6 Å². The minimum atomic E-state index is -1.01. The lowest BCUT2D eigenvalue weighted by atomic mass is 10.1. The Morgan fingerprint density at radius 1 is 1.20 bits per heavy atom. The summed E-state index contributed by atoms with van der Waals surface area (Å²) in [5.74, 6) is -2.92. The first-order chi connectivity index (χ1) is 12.0. The number of unbranched alkanes of at least 4 members (excludes halogenated alkanes) is 4. The molecule has 0 bridgehead atoms. The summed E-state index contributed by atoms with van der Waals surface area (Å²) >= 11 is 0. The van der Waals surface area contributed by atoms with Gasteiger partial charge in [0.2, 0.25) is 5.91 Å². The van der Waals surface area contributed by atoms with E-state index in [-0.39, 0.29) is 6.42 Å². The maximum absolute atomic E-state index is 13.2. The largest absolute Gasteiger partial charge is 0.467 e. The van der Waals surface area contributed by atoms with Gasteiger partial charge in [0.1, 0.15) is 6.04 Å². The number of carbonyl (C=O) groups is 2. The predicted molar refractivity (Wildman–Crippen MR) is 91.9 cm³/mol. The zero-order chi connectivity index (χ0) is 18.7. The van der Waals surface area contributed by atoms with Crippen LogP contribution in [0.15, 0.2) is 30.9 Å². The zero-order valence-corrected chi connectivity index (χ0v) is 14.5. The number of esters is 1. The Kier molecular flexibility index (Phi) is 9.43. The lowest BCUT2D eigenvalue weighted by molar-refractivity contribution is -0.145. The van der Waals surface area contributed by atoms with Crippen LogP contribution in [0.25, 0.3) is 0 Å². The summed E-state index contributed by atoms with van der Waals surface area (Å²) in [6.07, 6.45) is 6.98. The number of nitrogens with one attached hydrogen (secondary N) is 1. The van der Waals surface area contributed by atoms with Crippen LogP contribution in [-0.4, -0.2) is 25.0 Å². The minimum absolute atomic E-state index is 0.135. The van der Waals surface area contributed by atoms with E-state index in [1.807, 2.05) is 6.08 Å². The normalized spacial score (nSPS) is 11.6. The lowest BCUT2D eigenvalue weighted by Gasteiger charge is -2.16. The molecule has 0 saturated heterocycles. The Balaban J connectivity index is 2.49. The Labute approximate surface area is 147 Å². The molecule has 6 heteroatoms. The van der Waals surface area contributed by atoms with Crippen LogP contribution in [0.4, 0.5) is 8.78 Å². The highest BCUT2D eigenvalue weighted by molar-refractivity contribution is 5.85. The molecule has 0 spiro atoms. The van der Waals surface area contributed by atoms with E-state index in [0.29, 0.717) is 12.0 Å². The van der Waals surface area contributed by atoms with Gasteiger partial charge in [0.05, 0.1) is 13.5 Å². The van der Waals surface area contributed by atoms with E-state index >= 15 is 0 Å². The van der Waals surface area contributed by atoms with Crippen molar-refractivity contribution in [1.29, 1.82) is 0 Å². The maximum Gasteiger partial charge on any atom is 0.328 e. The molecule has 0 aliphatic carbocycles. The van der Waals surface area contributed by atoms with Gasteiger partial charge in [0, 0.05) is 0 Å². The summed E-state index contributed by atoms with van der Waals surface area (Å²) in [6.45, 7) is 3.67. The molecule has 0 fully saturated rings. The second kappa shape index (κ2) is 11.3. The fourth-order valence-electron chi connectivity index (χ4n) is 2.46. The average Bonchev–Trinajstić information content (AvgIpc) is 2.59. The molecule has 0 heterocycles. The Morgan fingerprint density at radius 3 is 2.56 bits per heavy atom. The van der Waals surface area contributed by atoms with Gasteiger partial charge in [-0.3, -0.25) is 4.79 Å². The standard InChI is InChI=1S/C19H25F2NO3/c1-3-4-5-6-7-8-9-17(19(24)25-2)22-18(23)13-14-10-11-15(20)16(21)12-14/h3,10-12,17H,1,4-9,13H2,2H3,(H,22,23)/t17-/m0/s1. The van der Waals surface area contributed by atoms with Crippen molar-refractivity contribution in [1.82, 2.24) is 5.32 Å². The first kappa shape index (κ1) is 20.8. The molecule has 0 aliphatic heterocycles. The van der Waals surface area contributed by atoms with Crippen LogP contribution < -0.4 is 5.32 Å². The molecular formula is C19H25F2NO3. The Hall–Kier alpha value is -2.24. The summed E-state index contributed by atoms with van der Waals surface area (Å²) in [7, 11) is 1.26. The van der Waals surface area contributed by atoms with Crippen molar-refractivity contribution in [2.24, 2.45) is 0 Å². The SMILES string of the molecule is C=CCCCCCC[C@H](NC(=O)Cc1ccc(F)c(F)c1)C(=O)OC. The molecule has 1 N–H and O–H groups in total. The lowest BCUT2D eigenvalue weighted by Crippen LogP contribution is -2.42. The van der Waals surface area contributed by atoms with E-state index in [2.05, 4.69) is 11.9 Å². The van der Waals surface area contributed by atoms with Crippen LogP contribution in [0.5, 0.6) is 0 Å². The number of allylic oxidation sites excluding steroid dienone is 1. The number of halogens is 2. The van der Waals surface area contributed by atoms with Gasteiger partial charge in [-0.1, -0.05) is 31.4 Å². The number of hydrogen-bond donors (Lipinski definition) is 1. The van der Waals surface area contributed by atoms with E-state index in [1.54, 1.807) is 0 Å². The number of benzene rings is 1. The predicted octanol–water partition coefficient (Wildman–Crippen LogP) is 3.69. The van der Waals surface area contributed by atoms with Crippen molar-refractivity contribution < 1.29 is 23.1 Å². The third-order valence-corrected chi connectivity index (χ3v) is 3.82. The number of rotatable bonds is 11. The molecule has 1 atom stereocenters. The summed E-state index contributed by atoms with van der Waals surface area (Å²) < 4.78 is 30.8. The number of methoxy groups -OCH3 is 1. The second-order valence-electron chi connectivity index (χ2n) is 5.85. The minimum Gasteiger partial charge on any atom is -0.467 e. The van der Waals surface area contributed by atoms with Crippen molar-refractivity contribution in [2.45, 2.75) is 51.0 Å². The van der Waals surface area contributed by atoms with Gasteiger partial charge in [-0.25, -0.2) is 13.6 Å². The van der Waals surface area contributed by atoms with Crippen LogP contribution >= 0.6 is 0 Å². The van der Waals surface area contributed by atoms with Crippen LogP contribution in [0.2, 0.25) is 0 Å². The Morgan fingerprint density at radius 2 is 1.92 bits per heavy atom. The van der Waals surface area contributed by atoms with Gasteiger partial charge >= 0.3 is 5.97 Å². The highest BCUT2D eigenvalue weighted by Gasteiger charge is 2.21. The van der Waals surface area contributed by atoms with Crippen molar-refractivity contribution in [2.75, 3.05) is 7.11 Å². The van der Waals surface area contributed by atoms with E-state index in [1.165, 1.54) is 13.2 Å². The quantitative estimate of drug-likeness (QED) is 0.375. The van der Waals surface area contributed by atoms with Crippen molar-refractivity contribution in [3.63, 3.8) is 0 Å². The van der Waals surface area contributed by atoms with Crippen molar-refractivity contribution in [3.05, 3.63) is 48.1 Å². The molecule has 0 radical (unpaired) electrons. The molecule has 0 saturated carbocycles. The summed E-state index contributed by atoms with van der Waals surface area (Å²) in [5.41, 5.74) is 0.337. The van der Waals surface area contributed by atoms with Crippen molar-refractivity contribution in [3.8, 4) is 0 Å². The van der Waals surface area contributed by atoms with Gasteiger partial charge in [0.15, 0.2) is 11.6 Å². The second-order valence-corrected chi connectivity index (χ2v) is 5.85. The smallest absolute Gasteiger partial charge is 0.328 e. The molecule has 25 heavy (non-hydrogen) atoms.